The van der Waals surface area contributed by atoms with Gasteiger partial charge in [-0.25, -0.2) is 4.98 Å². The summed E-state index contributed by atoms with van der Waals surface area (Å²) in [6, 6.07) is 1.88. The molecule has 0 aliphatic carbocycles. The fourth-order valence-corrected chi connectivity index (χ4v) is 1.30. The molecule has 1 aromatic rings. The van der Waals surface area contributed by atoms with E-state index in [9.17, 15) is 0 Å². The van der Waals surface area contributed by atoms with Crippen LogP contribution in [0, 0.1) is 0 Å². The van der Waals surface area contributed by atoms with Gasteiger partial charge in [-0.2, -0.15) is 0 Å². The summed E-state index contributed by atoms with van der Waals surface area (Å²) in [7, 11) is 1.90. The zero-order valence-corrected chi connectivity index (χ0v) is 6.83. The van der Waals surface area contributed by atoms with Crippen molar-refractivity contribution in [2.45, 2.75) is 0 Å². The Morgan fingerprint density at radius 1 is 1.67 bits per heavy atom. The highest BCUT2D eigenvalue weighted by Crippen LogP contribution is 2.37. The molecule has 4 heteroatoms. The molecule has 2 rings (SSSR count). The van der Waals surface area contributed by atoms with Crippen molar-refractivity contribution in [1.82, 2.24) is 4.98 Å². The molecule has 0 saturated heterocycles. The Balaban J connectivity index is 2.62. The average Bonchev–Trinajstić information content (AvgIpc) is 2.29. The third-order valence-electron chi connectivity index (χ3n) is 1.97. The summed E-state index contributed by atoms with van der Waals surface area (Å²) < 4.78 is 0. The van der Waals surface area contributed by atoms with Crippen LogP contribution in [0.2, 0.25) is 0 Å². The van der Waals surface area contributed by atoms with Gasteiger partial charge in [0.05, 0.1) is 5.69 Å². The van der Waals surface area contributed by atoms with Gasteiger partial charge in [0.1, 0.15) is 17.3 Å². The molecule has 0 radical (unpaired) electrons. The van der Waals surface area contributed by atoms with E-state index in [1.165, 1.54) is 0 Å². The molecule has 4 nitrogen and oxygen atoms in total. The molecular weight excluding hydrogens is 152 g/mol. The summed E-state index contributed by atoms with van der Waals surface area (Å²) in [6.07, 6.45) is 1.67. The topological polar surface area (TPSA) is 54.2 Å². The maximum Gasteiger partial charge on any atom is 0.149 e. The van der Waals surface area contributed by atoms with E-state index >= 15 is 0 Å². The molecule has 2 heterocycles. The van der Waals surface area contributed by atoms with Crippen LogP contribution in [-0.4, -0.2) is 12.0 Å². The fraction of sp³-hybridized carbons (Fsp3) is 0.125. The first-order chi connectivity index (χ1) is 5.70. The van der Waals surface area contributed by atoms with Crippen molar-refractivity contribution in [3.8, 4) is 0 Å². The minimum absolute atomic E-state index is 0.529. The number of nitrogen functional groups attached to an aromatic ring is 1. The molecule has 1 aromatic heterocycles. The Kier molecular flexibility index (Phi) is 1.24. The first kappa shape index (κ1) is 6.97. The number of pyridine rings is 1. The Morgan fingerprint density at radius 2 is 2.42 bits per heavy atom. The highest BCUT2D eigenvalue weighted by atomic mass is 15.3. The van der Waals surface area contributed by atoms with E-state index in [0.717, 1.165) is 17.2 Å². The van der Waals surface area contributed by atoms with Gasteiger partial charge in [0.15, 0.2) is 0 Å². The second-order valence-electron chi connectivity index (χ2n) is 2.72. The van der Waals surface area contributed by atoms with Crippen LogP contribution in [0.4, 0.5) is 17.2 Å². The van der Waals surface area contributed by atoms with E-state index in [-0.39, 0.29) is 0 Å². The molecule has 0 atom stereocenters. The maximum absolute atomic E-state index is 5.69. The van der Waals surface area contributed by atoms with Crippen LogP contribution >= 0.6 is 0 Å². The van der Waals surface area contributed by atoms with E-state index in [2.05, 4.69) is 16.9 Å². The number of anilines is 3. The number of hydrogen-bond acceptors (Lipinski definition) is 4. The summed E-state index contributed by atoms with van der Waals surface area (Å²) >= 11 is 0. The Bertz CT molecular complexity index is 345. The van der Waals surface area contributed by atoms with Crippen LogP contribution < -0.4 is 16.0 Å². The molecule has 62 valence electrons. The predicted molar refractivity (Wildman–Crippen MR) is 49.8 cm³/mol. The molecule has 0 spiro atoms. The lowest BCUT2D eigenvalue weighted by Crippen LogP contribution is -2.13. The molecule has 1 aliphatic rings. The van der Waals surface area contributed by atoms with Crippen molar-refractivity contribution in [3.05, 3.63) is 24.7 Å². The summed E-state index contributed by atoms with van der Waals surface area (Å²) in [5, 5.41) is 3.10. The maximum atomic E-state index is 5.69. The zero-order chi connectivity index (χ0) is 8.72. The third kappa shape index (κ3) is 0.747. The zero-order valence-electron chi connectivity index (χ0n) is 6.83. The van der Waals surface area contributed by atoms with Gasteiger partial charge >= 0.3 is 0 Å². The molecule has 0 aromatic carbocycles. The van der Waals surface area contributed by atoms with Crippen molar-refractivity contribution >= 4 is 17.2 Å². The van der Waals surface area contributed by atoms with Gasteiger partial charge in [0, 0.05) is 13.2 Å². The van der Waals surface area contributed by atoms with E-state index in [4.69, 9.17) is 5.73 Å². The molecule has 0 unspecified atom stereocenters. The normalized spacial score (nSPS) is 14.4. The second kappa shape index (κ2) is 2.14. The van der Waals surface area contributed by atoms with Gasteiger partial charge in [-0.15, -0.1) is 0 Å². The summed E-state index contributed by atoms with van der Waals surface area (Å²) in [4.78, 5) is 5.88. The number of nitrogens with two attached hydrogens (primary N) is 1. The Labute approximate surface area is 70.7 Å². The van der Waals surface area contributed by atoms with E-state index in [0.29, 0.717) is 5.82 Å². The average molecular weight is 162 g/mol. The summed E-state index contributed by atoms with van der Waals surface area (Å²) in [5.74, 6) is 1.35. The van der Waals surface area contributed by atoms with Gasteiger partial charge in [0.25, 0.3) is 0 Å². The lowest BCUT2D eigenvalue weighted by molar-refractivity contribution is 1.16. The lowest BCUT2D eigenvalue weighted by Gasteiger charge is -2.12. The van der Waals surface area contributed by atoms with Crippen molar-refractivity contribution in [1.29, 1.82) is 0 Å². The second-order valence-corrected chi connectivity index (χ2v) is 2.72. The van der Waals surface area contributed by atoms with Crippen LogP contribution in [0.5, 0.6) is 0 Å². The highest BCUT2D eigenvalue weighted by molar-refractivity contribution is 5.87. The van der Waals surface area contributed by atoms with Crippen molar-refractivity contribution in [3.63, 3.8) is 0 Å². The number of nitrogens with one attached hydrogen (secondary N) is 1. The van der Waals surface area contributed by atoms with Gasteiger partial charge in [-0.1, -0.05) is 6.58 Å². The molecule has 12 heavy (non-hydrogen) atoms. The molecule has 0 amide bonds. The van der Waals surface area contributed by atoms with Crippen LogP contribution in [-0.2, 0) is 0 Å². The summed E-state index contributed by atoms with van der Waals surface area (Å²) in [5.41, 5.74) is 7.56. The largest absolute Gasteiger partial charge is 0.382 e. The minimum Gasteiger partial charge on any atom is -0.382 e. The van der Waals surface area contributed by atoms with Gasteiger partial charge in [-0.05, 0) is 6.07 Å². The summed E-state index contributed by atoms with van der Waals surface area (Å²) in [6.45, 7) is 3.82. The molecule has 3 N–H and O–H groups in total. The van der Waals surface area contributed by atoms with Gasteiger partial charge in [-0.3, -0.25) is 0 Å². The van der Waals surface area contributed by atoms with Crippen LogP contribution in [0.25, 0.3) is 0 Å². The molecule has 0 saturated carbocycles. The van der Waals surface area contributed by atoms with E-state index in [1.54, 1.807) is 6.20 Å². The van der Waals surface area contributed by atoms with Crippen LogP contribution in [0.15, 0.2) is 24.7 Å². The molecule has 1 aliphatic heterocycles. The molecular formula is C8H10N4. The SMILES string of the molecule is C=C1Nc2ccnc(N)c2N1C. The third-order valence-corrected chi connectivity index (χ3v) is 1.97. The predicted octanol–water partition coefficient (Wildman–Crippen LogP) is 0.997. The van der Waals surface area contributed by atoms with Crippen molar-refractivity contribution in [2.24, 2.45) is 0 Å². The fourth-order valence-electron chi connectivity index (χ4n) is 1.30. The minimum atomic E-state index is 0.529. The standard InChI is InChI=1S/C8H10N4/c1-5-11-6-3-4-10-8(9)7(6)12(5)2/h3-4,11H,1H2,2H3,(H2,9,10). The Hall–Kier alpha value is -1.71. The highest BCUT2D eigenvalue weighted by Gasteiger charge is 2.21. The molecule has 0 fully saturated rings. The van der Waals surface area contributed by atoms with E-state index in [1.807, 2.05) is 18.0 Å². The lowest BCUT2D eigenvalue weighted by atomic mass is 10.3. The van der Waals surface area contributed by atoms with Crippen molar-refractivity contribution in [2.75, 3.05) is 23.0 Å². The quantitative estimate of drug-likeness (QED) is 0.597. The number of fused-ring (bicyclic) bond motifs is 1. The molecule has 0 bridgehead atoms. The van der Waals surface area contributed by atoms with Gasteiger partial charge < -0.3 is 16.0 Å². The number of nitrogens with zero attached hydrogens (tertiary/aromatic N) is 2. The van der Waals surface area contributed by atoms with Gasteiger partial charge in [0.2, 0.25) is 0 Å². The number of hydrogen-bond donors (Lipinski definition) is 2. The van der Waals surface area contributed by atoms with Crippen LogP contribution in [0.3, 0.4) is 0 Å². The number of rotatable bonds is 0. The van der Waals surface area contributed by atoms with Crippen molar-refractivity contribution < 1.29 is 0 Å². The number of aromatic nitrogens is 1. The van der Waals surface area contributed by atoms with Crippen LogP contribution in [0.1, 0.15) is 0 Å². The first-order valence-corrected chi connectivity index (χ1v) is 3.64. The Morgan fingerprint density at radius 3 is 3.08 bits per heavy atom. The monoisotopic (exact) mass is 162 g/mol. The smallest absolute Gasteiger partial charge is 0.149 e. The first-order valence-electron chi connectivity index (χ1n) is 3.64. The van der Waals surface area contributed by atoms with E-state index < -0.39 is 0 Å².